The van der Waals surface area contributed by atoms with Crippen molar-refractivity contribution in [1.82, 2.24) is 0 Å². The molecule has 0 nitrogen and oxygen atoms in total. The van der Waals surface area contributed by atoms with Gasteiger partial charge in [-0.15, -0.1) is 0 Å². The van der Waals surface area contributed by atoms with Gasteiger partial charge >= 0.3 is 0 Å². The Bertz CT molecular complexity index is 547. The maximum absolute atomic E-state index is 13.3. The largest absolute Gasteiger partial charge is 0.204 e. The second kappa shape index (κ2) is 7.92. The Morgan fingerprint density at radius 2 is 1.86 bits per heavy atom. The van der Waals surface area contributed by atoms with Gasteiger partial charge in [-0.05, 0) is 49.0 Å². The molecule has 1 aromatic carbocycles. The zero-order chi connectivity index (χ0) is 15.1. The van der Waals surface area contributed by atoms with Crippen molar-refractivity contribution in [3.63, 3.8) is 0 Å². The number of hydrogen-bond acceptors (Lipinski definition) is 0. The standard InChI is InChI=1S/C19H22F2/c1-2-7-16(17-12-13-18(20)19(21)14-17)11-6-10-15-8-4-3-5-9-15/h2,6-7,10-15H,3-5,8-9H2,1H3/b7-2-,10-6+,16-11+. The minimum Gasteiger partial charge on any atom is -0.204 e. The first-order valence-corrected chi connectivity index (χ1v) is 7.67. The molecule has 2 rings (SSSR count). The molecule has 0 N–H and O–H groups in total. The van der Waals surface area contributed by atoms with Crippen molar-refractivity contribution >= 4 is 5.57 Å². The van der Waals surface area contributed by atoms with Gasteiger partial charge in [0.05, 0.1) is 0 Å². The highest BCUT2D eigenvalue weighted by Gasteiger charge is 2.09. The van der Waals surface area contributed by atoms with E-state index in [2.05, 4.69) is 6.08 Å². The van der Waals surface area contributed by atoms with E-state index in [0.29, 0.717) is 11.5 Å². The summed E-state index contributed by atoms with van der Waals surface area (Å²) in [5.41, 5.74) is 1.59. The minimum absolute atomic E-state index is 0.659. The van der Waals surface area contributed by atoms with Gasteiger partial charge < -0.3 is 0 Å². The summed E-state index contributed by atoms with van der Waals surface area (Å²) in [6, 6.07) is 4.03. The van der Waals surface area contributed by atoms with E-state index in [1.807, 2.05) is 31.2 Å². The summed E-state index contributed by atoms with van der Waals surface area (Å²) in [5, 5.41) is 0. The normalized spacial score (nSPS) is 18.0. The molecule has 1 aromatic rings. The topological polar surface area (TPSA) is 0 Å². The van der Waals surface area contributed by atoms with Crippen LogP contribution in [0.4, 0.5) is 8.78 Å². The molecule has 0 heterocycles. The fraction of sp³-hybridized carbons (Fsp3) is 0.368. The molecule has 112 valence electrons. The summed E-state index contributed by atoms with van der Waals surface area (Å²) >= 11 is 0. The van der Waals surface area contributed by atoms with Gasteiger partial charge in [-0.1, -0.05) is 55.7 Å². The van der Waals surface area contributed by atoms with Crippen LogP contribution >= 0.6 is 0 Å². The van der Waals surface area contributed by atoms with Gasteiger partial charge in [-0.25, -0.2) is 8.78 Å². The van der Waals surface area contributed by atoms with Crippen LogP contribution in [-0.4, -0.2) is 0 Å². The van der Waals surface area contributed by atoms with E-state index < -0.39 is 11.6 Å². The molecule has 0 unspecified atom stereocenters. The molecule has 0 saturated heterocycles. The third-order valence-electron chi connectivity index (χ3n) is 3.91. The lowest BCUT2D eigenvalue weighted by Crippen LogP contribution is -2.02. The maximum Gasteiger partial charge on any atom is 0.159 e. The van der Waals surface area contributed by atoms with Crippen molar-refractivity contribution in [3.05, 3.63) is 65.8 Å². The molecule has 2 heteroatoms. The molecule has 0 aliphatic heterocycles. The molecule has 1 saturated carbocycles. The van der Waals surface area contributed by atoms with Crippen molar-refractivity contribution < 1.29 is 8.78 Å². The molecular formula is C19H22F2. The van der Waals surface area contributed by atoms with Gasteiger partial charge in [0.15, 0.2) is 11.6 Å². The van der Waals surface area contributed by atoms with E-state index in [0.717, 1.165) is 5.57 Å². The number of hydrogen-bond donors (Lipinski definition) is 0. The van der Waals surface area contributed by atoms with E-state index >= 15 is 0 Å². The SMILES string of the molecule is C\C=C/C(=C\C=C\C1CCCCC1)c1ccc(F)c(F)c1. The Morgan fingerprint density at radius 1 is 1.10 bits per heavy atom. The first kappa shape index (κ1) is 15.7. The smallest absolute Gasteiger partial charge is 0.159 e. The van der Waals surface area contributed by atoms with E-state index in [1.54, 1.807) is 6.07 Å². The number of rotatable bonds is 4. The molecule has 21 heavy (non-hydrogen) atoms. The van der Waals surface area contributed by atoms with Crippen molar-refractivity contribution in [2.75, 3.05) is 0 Å². The van der Waals surface area contributed by atoms with Crippen molar-refractivity contribution in [2.24, 2.45) is 5.92 Å². The molecule has 1 aliphatic carbocycles. The quantitative estimate of drug-likeness (QED) is 0.591. The first-order chi connectivity index (χ1) is 10.2. The van der Waals surface area contributed by atoms with E-state index in [-0.39, 0.29) is 0 Å². The van der Waals surface area contributed by atoms with Crippen LogP contribution in [0.25, 0.3) is 5.57 Å². The highest BCUT2D eigenvalue weighted by molar-refractivity contribution is 5.75. The minimum atomic E-state index is -0.809. The molecule has 0 bridgehead atoms. The number of allylic oxidation sites excluding steroid dienone is 6. The fourth-order valence-corrected chi connectivity index (χ4v) is 2.75. The Labute approximate surface area is 125 Å². The Balaban J connectivity index is 2.15. The maximum atomic E-state index is 13.3. The van der Waals surface area contributed by atoms with Crippen LogP contribution in [0.2, 0.25) is 0 Å². The summed E-state index contributed by atoms with van der Waals surface area (Å²) in [4.78, 5) is 0. The van der Waals surface area contributed by atoms with Crippen LogP contribution in [0.1, 0.15) is 44.6 Å². The van der Waals surface area contributed by atoms with Gasteiger partial charge in [0, 0.05) is 0 Å². The van der Waals surface area contributed by atoms with Crippen LogP contribution in [0.5, 0.6) is 0 Å². The van der Waals surface area contributed by atoms with Crippen LogP contribution in [0, 0.1) is 17.6 Å². The van der Waals surface area contributed by atoms with E-state index in [4.69, 9.17) is 0 Å². The van der Waals surface area contributed by atoms with Crippen LogP contribution < -0.4 is 0 Å². The summed E-state index contributed by atoms with van der Waals surface area (Å²) < 4.78 is 26.4. The Hall–Kier alpha value is -1.70. The second-order valence-electron chi connectivity index (χ2n) is 5.53. The Morgan fingerprint density at radius 3 is 2.52 bits per heavy atom. The molecule has 0 spiro atoms. The van der Waals surface area contributed by atoms with Gasteiger partial charge in [-0.3, -0.25) is 0 Å². The highest BCUT2D eigenvalue weighted by atomic mass is 19.2. The highest BCUT2D eigenvalue weighted by Crippen LogP contribution is 2.25. The molecule has 1 fully saturated rings. The third-order valence-corrected chi connectivity index (χ3v) is 3.91. The number of halogens is 2. The zero-order valence-corrected chi connectivity index (χ0v) is 12.5. The third kappa shape index (κ3) is 4.66. The van der Waals surface area contributed by atoms with Gasteiger partial charge in [0.2, 0.25) is 0 Å². The second-order valence-corrected chi connectivity index (χ2v) is 5.53. The van der Waals surface area contributed by atoms with Gasteiger partial charge in [0.1, 0.15) is 0 Å². The summed E-state index contributed by atoms with van der Waals surface area (Å²) in [7, 11) is 0. The molecule has 0 amide bonds. The fourth-order valence-electron chi connectivity index (χ4n) is 2.75. The predicted molar refractivity (Wildman–Crippen MR) is 84.9 cm³/mol. The van der Waals surface area contributed by atoms with Gasteiger partial charge in [-0.2, -0.15) is 0 Å². The Kier molecular flexibility index (Phi) is 5.91. The molecule has 0 atom stereocenters. The van der Waals surface area contributed by atoms with E-state index in [9.17, 15) is 8.78 Å². The van der Waals surface area contributed by atoms with Crippen LogP contribution in [-0.2, 0) is 0 Å². The zero-order valence-electron chi connectivity index (χ0n) is 12.5. The summed E-state index contributed by atoms with van der Waals surface area (Å²) in [5.74, 6) is -0.956. The molecular weight excluding hydrogens is 266 g/mol. The molecule has 1 aliphatic rings. The average molecular weight is 288 g/mol. The molecule has 0 radical (unpaired) electrons. The average Bonchev–Trinajstić information content (AvgIpc) is 2.50. The summed E-state index contributed by atoms with van der Waals surface area (Å²) in [6.07, 6.45) is 16.6. The monoisotopic (exact) mass is 288 g/mol. The number of benzene rings is 1. The van der Waals surface area contributed by atoms with Crippen LogP contribution in [0.3, 0.4) is 0 Å². The van der Waals surface area contributed by atoms with Gasteiger partial charge in [0.25, 0.3) is 0 Å². The lowest BCUT2D eigenvalue weighted by atomic mass is 9.89. The van der Waals surface area contributed by atoms with Crippen LogP contribution in [0.15, 0.2) is 48.6 Å². The predicted octanol–water partition coefficient (Wildman–Crippen LogP) is 6.06. The first-order valence-electron chi connectivity index (χ1n) is 7.67. The lowest BCUT2D eigenvalue weighted by Gasteiger charge is -2.17. The van der Waals surface area contributed by atoms with Crippen molar-refractivity contribution in [3.8, 4) is 0 Å². The molecule has 0 aromatic heterocycles. The van der Waals surface area contributed by atoms with Crippen molar-refractivity contribution in [2.45, 2.75) is 39.0 Å². The van der Waals surface area contributed by atoms with Crippen molar-refractivity contribution in [1.29, 1.82) is 0 Å². The summed E-state index contributed by atoms with van der Waals surface area (Å²) in [6.45, 7) is 1.92. The van der Waals surface area contributed by atoms with E-state index in [1.165, 1.54) is 44.2 Å². The lowest BCUT2D eigenvalue weighted by molar-refractivity contribution is 0.419.